The van der Waals surface area contributed by atoms with Gasteiger partial charge < -0.3 is 50.7 Å². The van der Waals surface area contributed by atoms with Gasteiger partial charge in [0.05, 0.1) is 30.1 Å². The minimum absolute atomic E-state index is 0.0209. The number of primary amides is 1. The summed E-state index contributed by atoms with van der Waals surface area (Å²) in [5.74, 6) is -1.73. The molecule has 1 aromatic carbocycles. The Bertz CT molecular complexity index is 1210. The second-order valence-electron chi connectivity index (χ2n) is 10.5. The van der Waals surface area contributed by atoms with E-state index in [0.29, 0.717) is 23.8 Å². The maximum absolute atomic E-state index is 13.0. The fourth-order valence-corrected chi connectivity index (χ4v) is 4.95. The van der Waals surface area contributed by atoms with Crippen molar-refractivity contribution in [1.29, 1.82) is 0 Å². The maximum Gasteiger partial charge on any atom is 0.405 e. The number of phenolic OH excluding ortho intramolecular Hbond substituents is 2. The zero-order chi connectivity index (χ0) is 31.6. The predicted octanol–water partition coefficient (Wildman–Crippen LogP) is 3.17. The number of fused-ring (bicyclic) bond motifs is 2. The van der Waals surface area contributed by atoms with Crippen molar-refractivity contribution in [2.45, 2.75) is 65.0 Å². The van der Waals surface area contributed by atoms with Gasteiger partial charge in [-0.3, -0.25) is 4.79 Å². The topological polar surface area (TPSA) is 190 Å². The smallest absolute Gasteiger partial charge is 0.405 e. The number of ether oxygens (including phenoxy) is 3. The zero-order valence-electron chi connectivity index (χ0n) is 24.9. The number of amides is 2. The molecular weight excluding hydrogens is 546 g/mol. The molecule has 1 heterocycles. The van der Waals surface area contributed by atoms with Crippen LogP contribution in [0.3, 0.4) is 0 Å². The number of carbonyl (C=O) groups excluding carboxylic acids is 3. The van der Waals surface area contributed by atoms with E-state index in [1.54, 1.807) is 39.0 Å². The molecule has 6 unspecified atom stereocenters. The van der Waals surface area contributed by atoms with Crippen LogP contribution < -0.4 is 16.4 Å². The highest BCUT2D eigenvalue weighted by atomic mass is 16.6. The number of methoxy groups -OCH3 is 2. The van der Waals surface area contributed by atoms with Gasteiger partial charge in [-0.15, -0.1) is 0 Å². The maximum atomic E-state index is 13.0. The summed E-state index contributed by atoms with van der Waals surface area (Å²) >= 11 is 0. The van der Waals surface area contributed by atoms with Crippen LogP contribution in [0.5, 0.6) is 11.5 Å². The first-order chi connectivity index (χ1) is 19.8. The number of aliphatic hydroxyl groups excluding tert-OH is 1. The number of anilines is 2. The Kier molecular flexibility index (Phi) is 13.0. The number of aldehydes is 1. The third-order valence-electron chi connectivity index (χ3n) is 7.19. The molecule has 12 nitrogen and oxygen atoms in total. The van der Waals surface area contributed by atoms with Crippen LogP contribution in [0.25, 0.3) is 0 Å². The average molecular weight is 590 g/mol. The van der Waals surface area contributed by atoms with Crippen molar-refractivity contribution in [3.63, 3.8) is 0 Å². The molecule has 0 aromatic heterocycles. The molecule has 0 saturated heterocycles. The summed E-state index contributed by atoms with van der Waals surface area (Å²) in [4.78, 5) is 35.7. The van der Waals surface area contributed by atoms with Gasteiger partial charge in [0.25, 0.3) is 5.91 Å². The van der Waals surface area contributed by atoms with Crippen LogP contribution in [0.1, 0.15) is 39.7 Å². The fourth-order valence-electron chi connectivity index (χ4n) is 4.95. The number of carbonyl (C=O) groups is 3. The van der Waals surface area contributed by atoms with Crippen LogP contribution in [0.4, 0.5) is 16.2 Å². The molecule has 0 saturated carbocycles. The highest BCUT2D eigenvalue weighted by Crippen LogP contribution is 2.42. The standard InChI is InChI=1S/C30H43N3O9/c1-16-12-20-25(32-10-11-34)22(35)15-21(27(20)37)33-29(38)17(2)8-7-9-23(40-5)28(42-30(31)39)19(4)14-18(3)26(36)24(13-16)41-6/h7-9,11,14-16,18,23-24,26,28,32,35-37H,10,12-13H2,1-6H3,(H2,31,39)(H,33,38). The van der Waals surface area contributed by atoms with Crippen LogP contribution in [-0.2, 0) is 30.2 Å². The molecular formula is C30H43N3O9. The van der Waals surface area contributed by atoms with Gasteiger partial charge in [0, 0.05) is 37.3 Å². The molecule has 2 amide bonds. The minimum atomic E-state index is -1.00. The molecule has 0 radical (unpaired) electrons. The molecule has 1 aliphatic heterocycles. The van der Waals surface area contributed by atoms with Gasteiger partial charge in [-0.1, -0.05) is 38.2 Å². The number of rotatable bonds is 6. The molecule has 2 bridgehead atoms. The van der Waals surface area contributed by atoms with Gasteiger partial charge in [-0.2, -0.15) is 0 Å². The molecule has 42 heavy (non-hydrogen) atoms. The summed E-state index contributed by atoms with van der Waals surface area (Å²) in [7, 11) is 2.91. The Hall–Kier alpha value is -3.87. The lowest BCUT2D eigenvalue weighted by Gasteiger charge is -2.29. The van der Waals surface area contributed by atoms with Gasteiger partial charge in [-0.05, 0) is 38.2 Å². The summed E-state index contributed by atoms with van der Waals surface area (Å²) in [6.45, 7) is 6.86. The van der Waals surface area contributed by atoms with Crippen molar-refractivity contribution in [2.75, 3.05) is 31.4 Å². The number of hydrogen-bond donors (Lipinski definition) is 6. The fraction of sp³-hybridized carbons (Fsp3) is 0.500. The van der Waals surface area contributed by atoms with Crippen molar-refractivity contribution in [3.05, 3.63) is 47.1 Å². The minimum Gasteiger partial charge on any atom is -0.506 e. The van der Waals surface area contributed by atoms with E-state index in [2.05, 4.69) is 10.6 Å². The predicted molar refractivity (Wildman–Crippen MR) is 158 cm³/mol. The number of nitrogens with two attached hydrogens (primary N) is 1. The van der Waals surface area contributed by atoms with E-state index in [-0.39, 0.29) is 47.3 Å². The third-order valence-corrected chi connectivity index (χ3v) is 7.19. The summed E-state index contributed by atoms with van der Waals surface area (Å²) in [6, 6.07) is 1.20. The van der Waals surface area contributed by atoms with Crippen molar-refractivity contribution in [2.24, 2.45) is 17.6 Å². The van der Waals surface area contributed by atoms with Gasteiger partial charge in [0.2, 0.25) is 0 Å². The van der Waals surface area contributed by atoms with Crippen LogP contribution in [0, 0.1) is 11.8 Å². The first kappa shape index (κ1) is 34.3. The van der Waals surface area contributed by atoms with Gasteiger partial charge in [-0.25, -0.2) is 4.79 Å². The van der Waals surface area contributed by atoms with Crippen LogP contribution in [0.15, 0.2) is 41.5 Å². The second-order valence-corrected chi connectivity index (χ2v) is 10.5. The van der Waals surface area contributed by atoms with Crippen LogP contribution in [0.2, 0.25) is 0 Å². The Morgan fingerprint density at radius 2 is 1.90 bits per heavy atom. The van der Waals surface area contributed by atoms with Crippen LogP contribution >= 0.6 is 0 Å². The van der Waals surface area contributed by atoms with E-state index in [4.69, 9.17) is 19.9 Å². The Morgan fingerprint density at radius 1 is 1.21 bits per heavy atom. The molecule has 232 valence electrons. The first-order valence-corrected chi connectivity index (χ1v) is 13.6. The number of phenols is 2. The number of hydrogen-bond acceptors (Lipinski definition) is 10. The van der Waals surface area contributed by atoms with E-state index in [0.717, 1.165) is 0 Å². The number of benzene rings is 1. The second kappa shape index (κ2) is 15.9. The molecule has 12 heteroatoms. The number of nitrogens with one attached hydrogen (secondary N) is 2. The zero-order valence-corrected chi connectivity index (χ0v) is 24.9. The van der Waals surface area contributed by atoms with Crippen molar-refractivity contribution in [3.8, 4) is 11.5 Å². The highest BCUT2D eigenvalue weighted by Gasteiger charge is 2.30. The van der Waals surface area contributed by atoms with Crippen LogP contribution in [-0.4, -0.2) is 78.8 Å². The average Bonchev–Trinajstić information content (AvgIpc) is 2.94. The molecule has 1 aliphatic rings. The third kappa shape index (κ3) is 9.07. The van der Waals surface area contributed by atoms with Gasteiger partial charge in [0.15, 0.2) is 6.10 Å². The monoisotopic (exact) mass is 589 g/mol. The molecule has 0 fully saturated rings. The van der Waals surface area contributed by atoms with E-state index in [1.165, 1.54) is 26.4 Å². The Morgan fingerprint density at radius 3 is 2.50 bits per heavy atom. The molecule has 7 N–H and O–H groups in total. The van der Waals surface area contributed by atoms with E-state index in [9.17, 15) is 29.7 Å². The quantitative estimate of drug-likeness (QED) is 0.124. The van der Waals surface area contributed by atoms with E-state index >= 15 is 0 Å². The summed E-state index contributed by atoms with van der Waals surface area (Å²) in [6.07, 6.45) is 3.29. The summed E-state index contributed by atoms with van der Waals surface area (Å²) in [5.41, 5.74) is 6.61. The normalized spacial score (nSPS) is 26.0. The highest BCUT2D eigenvalue weighted by molar-refractivity contribution is 6.05. The molecule has 6 atom stereocenters. The molecule has 0 spiro atoms. The van der Waals surface area contributed by atoms with E-state index in [1.807, 2.05) is 6.92 Å². The van der Waals surface area contributed by atoms with E-state index < -0.39 is 42.3 Å². The largest absolute Gasteiger partial charge is 0.506 e. The summed E-state index contributed by atoms with van der Waals surface area (Å²) < 4.78 is 16.5. The van der Waals surface area contributed by atoms with Crippen molar-refractivity contribution >= 4 is 29.7 Å². The first-order valence-electron chi connectivity index (χ1n) is 13.6. The lowest BCUT2D eigenvalue weighted by atomic mass is 9.87. The summed E-state index contributed by atoms with van der Waals surface area (Å²) in [5, 5.41) is 38.6. The number of allylic oxidation sites excluding steroid dienone is 2. The molecule has 0 aliphatic carbocycles. The number of aromatic hydroxyl groups is 2. The van der Waals surface area contributed by atoms with Crippen molar-refractivity contribution in [1.82, 2.24) is 0 Å². The van der Waals surface area contributed by atoms with Crippen molar-refractivity contribution < 1.29 is 43.9 Å². The SMILES string of the molecule is COC1C=CC=C(C)C(=O)Nc2cc(O)c(NCC=O)c(c2O)CC(C)CC(OC)C(O)C(C)C=C(C)C1OC(N)=O. The Labute approximate surface area is 246 Å². The molecule has 1 aromatic rings. The van der Waals surface area contributed by atoms with Gasteiger partial charge >= 0.3 is 6.09 Å². The molecule has 2 rings (SSSR count). The lowest BCUT2D eigenvalue weighted by molar-refractivity contribution is -0.112. The number of aliphatic hydroxyl groups is 1. The Balaban J connectivity index is 2.67. The lowest BCUT2D eigenvalue weighted by Crippen LogP contribution is -2.37. The van der Waals surface area contributed by atoms with Gasteiger partial charge in [0.1, 0.15) is 23.9 Å².